The Bertz CT molecular complexity index is 601. The van der Waals surface area contributed by atoms with Crippen molar-refractivity contribution in [3.63, 3.8) is 0 Å². The molecule has 0 fully saturated rings. The lowest BCUT2D eigenvalue weighted by molar-refractivity contribution is -0.0691. The van der Waals surface area contributed by atoms with E-state index in [0.717, 1.165) is 0 Å². The third-order valence-corrected chi connectivity index (χ3v) is 2.75. The Kier molecular flexibility index (Phi) is 4.63. The van der Waals surface area contributed by atoms with Gasteiger partial charge in [-0.1, -0.05) is 0 Å². The van der Waals surface area contributed by atoms with Gasteiger partial charge in [0, 0.05) is 6.92 Å². The van der Waals surface area contributed by atoms with Crippen LogP contribution in [0.1, 0.15) is 27.6 Å². The molecule has 0 aliphatic heterocycles. The van der Waals surface area contributed by atoms with Crippen molar-refractivity contribution in [2.75, 3.05) is 0 Å². The van der Waals surface area contributed by atoms with Crippen molar-refractivity contribution in [1.82, 2.24) is 0 Å². The maximum Gasteiger partial charge on any atom is 0.341 e. The van der Waals surface area contributed by atoms with E-state index < -0.39 is 18.2 Å². The molecule has 0 bridgehead atoms. The van der Waals surface area contributed by atoms with Crippen LogP contribution in [0.25, 0.3) is 0 Å². The van der Waals surface area contributed by atoms with Crippen LogP contribution in [0.15, 0.2) is 48.5 Å². The summed E-state index contributed by atoms with van der Waals surface area (Å²) in [4.78, 5) is 23.6. The minimum absolute atomic E-state index is 0.0309. The molecule has 2 aromatic carbocycles. The van der Waals surface area contributed by atoms with Crippen LogP contribution in [-0.4, -0.2) is 28.4 Å². The van der Waals surface area contributed by atoms with Gasteiger partial charge in [-0.05, 0) is 48.5 Å². The van der Waals surface area contributed by atoms with Crippen molar-refractivity contribution < 1.29 is 29.3 Å². The Morgan fingerprint density at radius 2 is 1.09 bits per heavy atom. The van der Waals surface area contributed by atoms with Crippen molar-refractivity contribution in [1.29, 1.82) is 0 Å². The Labute approximate surface area is 126 Å². The summed E-state index contributed by atoms with van der Waals surface area (Å²) >= 11 is 0. The number of carbonyl (C=O) groups excluding carboxylic acids is 2. The normalized spacial score (nSPS) is 10.3. The van der Waals surface area contributed by atoms with E-state index in [1.807, 2.05) is 0 Å². The van der Waals surface area contributed by atoms with E-state index in [4.69, 9.17) is 19.7 Å². The molecule has 0 aliphatic rings. The smallest absolute Gasteiger partial charge is 0.341 e. The van der Waals surface area contributed by atoms with Gasteiger partial charge in [0.2, 0.25) is 6.29 Å². The highest BCUT2D eigenvalue weighted by Gasteiger charge is 2.16. The summed E-state index contributed by atoms with van der Waals surface area (Å²) in [5.41, 5.74) is 0.454. The fourth-order valence-electron chi connectivity index (χ4n) is 1.66. The average molecular weight is 302 g/mol. The molecule has 2 aromatic rings. The SMILES string of the molecule is CC(OC(=O)c1ccc(O)cc1)OC(=O)c1ccc(O)cc1. The summed E-state index contributed by atoms with van der Waals surface area (Å²) in [5.74, 6) is -1.29. The number of hydrogen-bond donors (Lipinski definition) is 2. The van der Waals surface area contributed by atoms with Crippen LogP contribution >= 0.6 is 0 Å². The molecule has 6 heteroatoms. The van der Waals surface area contributed by atoms with E-state index in [0.29, 0.717) is 0 Å². The molecule has 0 saturated heterocycles. The standard InChI is InChI=1S/C16H14O6/c1-10(21-15(19)11-2-6-13(17)7-3-11)22-16(20)12-4-8-14(18)9-5-12/h2-10,17-18H,1H3. The second-order valence-corrected chi connectivity index (χ2v) is 4.47. The molecule has 2 N–H and O–H groups in total. The van der Waals surface area contributed by atoms with E-state index in [2.05, 4.69) is 0 Å². The van der Waals surface area contributed by atoms with Crippen LogP contribution in [-0.2, 0) is 9.47 Å². The largest absolute Gasteiger partial charge is 0.508 e. The van der Waals surface area contributed by atoms with E-state index >= 15 is 0 Å². The molecule has 6 nitrogen and oxygen atoms in total. The summed E-state index contributed by atoms with van der Waals surface area (Å²) in [5, 5.41) is 18.3. The van der Waals surface area contributed by atoms with Gasteiger partial charge in [-0.15, -0.1) is 0 Å². The third-order valence-electron chi connectivity index (χ3n) is 2.75. The minimum Gasteiger partial charge on any atom is -0.508 e. The van der Waals surface area contributed by atoms with Crippen molar-refractivity contribution in [2.24, 2.45) is 0 Å². The Morgan fingerprint density at radius 1 is 0.773 bits per heavy atom. The van der Waals surface area contributed by atoms with Crippen LogP contribution in [0.2, 0.25) is 0 Å². The topological polar surface area (TPSA) is 93.1 Å². The molecule has 22 heavy (non-hydrogen) atoms. The number of phenols is 2. The van der Waals surface area contributed by atoms with Crippen molar-refractivity contribution in [2.45, 2.75) is 13.2 Å². The Morgan fingerprint density at radius 3 is 1.41 bits per heavy atom. The monoisotopic (exact) mass is 302 g/mol. The molecule has 0 spiro atoms. The zero-order valence-corrected chi connectivity index (χ0v) is 11.7. The Balaban J connectivity index is 1.93. The fraction of sp³-hybridized carbons (Fsp3) is 0.125. The molecular weight excluding hydrogens is 288 g/mol. The summed E-state index contributed by atoms with van der Waals surface area (Å²) in [7, 11) is 0. The molecule has 0 heterocycles. The summed E-state index contributed by atoms with van der Waals surface area (Å²) in [6, 6.07) is 11.0. The summed E-state index contributed by atoms with van der Waals surface area (Å²) in [6.07, 6.45) is -1.08. The molecule has 0 unspecified atom stereocenters. The van der Waals surface area contributed by atoms with Gasteiger partial charge in [-0.3, -0.25) is 0 Å². The molecule has 0 saturated carbocycles. The maximum absolute atomic E-state index is 11.8. The first kappa shape index (κ1) is 15.4. The predicted molar refractivity (Wildman–Crippen MR) is 76.5 cm³/mol. The lowest BCUT2D eigenvalue weighted by atomic mass is 10.2. The molecule has 0 aliphatic carbocycles. The van der Waals surface area contributed by atoms with Crippen LogP contribution in [0, 0.1) is 0 Å². The molecule has 0 amide bonds. The fourth-order valence-corrected chi connectivity index (χ4v) is 1.66. The first-order valence-electron chi connectivity index (χ1n) is 6.46. The van der Waals surface area contributed by atoms with E-state index in [-0.39, 0.29) is 22.6 Å². The summed E-state index contributed by atoms with van der Waals surface area (Å²) < 4.78 is 9.96. The van der Waals surface area contributed by atoms with Crippen molar-refractivity contribution in [3.8, 4) is 11.5 Å². The number of carbonyl (C=O) groups is 2. The molecule has 114 valence electrons. The highest BCUT2D eigenvalue weighted by molar-refractivity contribution is 5.91. The van der Waals surface area contributed by atoms with Gasteiger partial charge in [0.1, 0.15) is 11.5 Å². The predicted octanol–water partition coefficient (Wildman–Crippen LogP) is 2.46. The second-order valence-electron chi connectivity index (χ2n) is 4.47. The van der Waals surface area contributed by atoms with E-state index in [9.17, 15) is 9.59 Å². The quantitative estimate of drug-likeness (QED) is 0.665. The zero-order valence-electron chi connectivity index (χ0n) is 11.7. The first-order chi connectivity index (χ1) is 10.5. The van der Waals surface area contributed by atoms with Crippen LogP contribution in [0.4, 0.5) is 0 Å². The van der Waals surface area contributed by atoms with Crippen LogP contribution in [0.5, 0.6) is 11.5 Å². The van der Waals surface area contributed by atoms with Gasteiger partial charge in [0.15, 0.2) is 0 Å². The van der Waals surface area contributed by atoms with E-state index in [1.165, 1.54) is 55.5 Å². The number of ether oxygens (including phenoxy) is 2. The highest BCUT2D eigenvalue weighted by Crippen LogP contribution is 2.14. The van der Waals surface area contributed by atoms with Crippen molar-refractivity contribution in [3.05, 3.63) is 59.7 Å². The number of hydrogen-bond acceptors (Lipinski definition) is 6. The molecule has 0 aromatic heterocycles. The van der Waals surface area contributed by atoms with Crippen LogP contribution < -0.4 is 0 Å². The van der Waals surface area contributed by atoms with Crippen LogP contribution in [0.3, 0.4) is 0 Å². The van der Waals surface area contributed by atoms with Gasteiger partial charge in [-0.25, -0.2) is 9.59 Å². The first-order valence-corrected chi connectivity index (χ1v) is 6.46. The zero-order chi connectivity index (χ0) is 16.1. The van der Waals surface area contributed by atoms with Crippen molar-refractivity contribution >= 4 is 11.9 Å². The highest BCUT2D eigenvalue weighted by atomic mass is 16.7. The van der Waals surface area contributed by atoms with Gasteiger partial charge < -0.3 is 19.7 Å². The second kappa shape index (κ2) is 6.62. The number of esters is 2. The van der Waals surface area contributed by atoms with Gasteiger partial charge in [-0.2, -0.15) is 0 Å². The molecule has 0 atom stereocenters. The minimum atomic E-state index is -1.08. The van der Waals surface area contributed by atoms with Gasteiger partial charge in [0.25, 0.3) is 0 Å². The number of rotatable bonds is 4. The van der Waals surface area contributed by atoms with Gasteiger partial charge in [0.05, 0.1) is 11.1 Å². The average Bonchev–Trinajstić information content (AvgIpc) is 2.48. The lowest BCUT2D eigenvalue weighted by Gasteiger charge is -2.14. The molecule has 0 radical (unpaired) electrons. The molecule has 2 rings (SSSR count). The number of aromatic hydroxyl groups is 2. The Hall–Kier alpha value is -3.02. The van der Waals surface area contributed by atoms with Gasteiger partial charge >= 0.3 is 11.9 Å². The molecular formula is C16H14O6. The maximum atomic E-state index is 11.8. The summed E-state index contributed by atoms with van der Waals surface area (Å²) in [6.45, 7) is 1.41. The number of benzene rings is 2. The number of phenolic OH excluding ortho intramolecular Hbond substituents is 2. The third kappa shape index (κ3) is 3.99. The van der Waals surface area contributed by atoms with E-state index in [1.54, 1.807) is 0 Å². The lowest BCUT2D eigenvalue weighted by Crippen LogP contribution is -2.21.